The summed E-state index contributed by atoms with van der Waals surface area (Å²) in [6.07, 6.45) is -5.47. The van der Waals surface area contributed by atoms with E-state index in [-0.39, 0.29) is 11.3 Å². The molecule has 2 aromatic rings. The molecule has 1 heterocycles. The monoisotopic (exact) mass is 454 g/mol. The number of halogens is 4. The molecule has 1 atom stereocenters. The van der Waals surface area contributed by atoms with Gasteiger partial charge in [0.2, 0.25) is 0 Å². The topological polar surface area (TPSA) is 35.9 Å². The Morgan fingerprint density at radius 2 is 1.59 bits per heavy atom. The number of piperazine rings is 1. The van der Waals surface area contributed by atoms with Crippen molar-refractivity contribution in [2.45, 2.75) is 37.5 Å². The minimum atomic E-state index is -4.85. The van der Waals surface area contributed by atoms with Gasteiger partial charge in [0.1, 0.15) is 11.6 Å². The molecule has 4 nitrogen and oxygen atoms in total. The minimum Gasteiger partial charge on any atom is -0.496 e. The standard InChI is InChI=1S/C24H30F4N2O2/c1-22(2,20-15-18(25)9-10-21(20)32-3)16-23(31,24(26,27)28)17-29-11-13-30(14-12-29)19-7-5-4-6-8-19/h4-10,15,31H,11-14,16-17H2,1-3H3. The third-order valence-electron chi connectivity index (χ3n) is 6.13. The van der Waals surface area contributed by atoms with Crippen molar-refractivity contribution >= 4 is 5.69 Å². The molecule has 0 aromatic heterocycles. The Labute approximate surface area is 186 Å². The highest BCUT2D eigenvalue weighted by atomic mass is 19.4. The largest absolute Gasteiger partial charge is 0.496 e. The maximum atomic E-state index is 14.1. The summed E-state index contributed by atoms with van der Waals surface area (Å²) in [4.78, 5) is 3.76. The van der Waals surface area contributed by atoms with Gasteiger partial charge in [-0.15, -0.1) is 0 Å². The fraction of sp³-hybridized carbons (Fsp3) is 0.500. The van der Waals surface area contributed by atoms with Crippen LogP contribution >= 0.6 is 0 Å². The highest BCUT2D eigenvalue weighted by Gasteiger charge is 2.57. The van der Waals surface area contributed by atoms with E-state index in [1.165, 1.54) is 25.3 Å². The zero-order chi connectivity index (χ0) is 23.6. The van der Waals surface area contributed by atoms with E-state index >= 15 is 0 Å². The van der Waals surface area contributed by atoms with Gasteiger partial charge in [-0.2, -0.15) is 13.2 Å². The molecule has 3 rings (SSSR count). The summed E-state index contributed by atoms with van der Waals surface area (Å²) < 4.78 is 61.5. The first-order valence-electron chi connectivity index (χ1n) is 10.6. The first-order valence-corrected chi connectivity index (χ1v) is 10.6. The Bertz CT molecular complexity index is 897. The van der Waals surface area contributed by atoms with Crippen LogP contribution in [0.2, 0.25) is 0 Å². The maximum Gasteiger partial charge on any atom is 0.418 e. The van der Waals surface area contributed by atoms with E-state index in [2.05, 4.69) is 4.90 Å². The van der Waals surface area contributed by atoms with Crippen molar-refractivity contribution in [3.05, 3.63) is 59.9 Å². The highest BCUT2D eigenvalue weighted by molar-refractivity contribution is 5.46. The number of benzene rings is 2. The number of aliphatic hydroxyl groups is 1. The number of methoxy groups -OCH3 is 1. The molecule has 0 saturated carbocycles. The Morgan fingerprint density at radius 1 is 0.969 bits per heavy atom. The van der Waals surface area contributed by atoms with Crippen molar-refractivity contribution in [1.82, 2.24) is 4.90 Å². The molecule has 1 aliphatic rings. The van der Waals surface area contributed by atoms with E-state index in [4.69, 9.17) is 4.74 Å². The second-order valence-corrected chi connectivity index (χ2v) is 9.03. The zero-order valence-electron chi connectivity index (χ0n) is 18.6. The van der Waals surface area contributed by atoms with E-state index in [0.717, 1.165) is 5.69 Å². The summed E-state index contributed by atoms with van der Waals surface area (Å²) in [6, 6.07) is 13.5. The van der Waals surface area contributed by atoms with Crippen molar-refractivity contribution in [2.24, 2.45) is 0 Å². The third-order valence-corrected chi connectivity index (χ3v) is 6.13. The number of ether oxygens (including phenoxy) is 1. The second kappa shape index (κ2) is 9.27. The molecule has 1 N–H and O–H groups in total. The lowest BCUT2D eigenvalue weighted by Crippen LogP contribution is -2.59. The van der Waals surface area contributed by atoms with Crippen LogP contribution in [0.25, 0.3) is 0 Å². The fourth-order valence-electron chi connectivity index (χ4n) is 4.45. The molecule has 0 radical (unpaired) electrons. The Balaban J connectivity index is 1.77. The maximum absolute atomic E-state index is 14.1. The first kappa shape index (κ1) is 24.3. The molecule has 2 aromatic carbocycles. The fourth-order valence-corrected chi connectivity index (χ4v) is 4.45. The number of anilines is 1. The van der Waals surface area contributed by atoms with Crippen molar-refractivity contribution in [2.75, 3.05) is 44.7 Å². The molecule has 176 valence electrons. The van der Waals surface area contributed by atoms with E-state index in [9.17, 15) is 22.7 Å². The SMILES string of the molecule is COc1ccc(F)cc1C(C)(C)CC(O)(CN1CCN(c2ccccc2)CC1)C(F)(F)F. The number of rotatable bonds is 7. The lowest BCUT2D eigenvalue weighted by atomic mass is 9.74. The van der Waals surface area contributed by atoms with Gasteiger partial charge in [0, 0.05) is 44.0 Å². The van der Waals surface area contributed by atoms with Crippen molar-refractivity contribution in [3.63, 3.8) is 0 Å². The summed E-state index contributed by atoms with van der Waals surface area (Å²) >= 11 is 0. The number of alkyl halides is 3. The molecule has 1 fully saturated rings. The van der Waals surface area contributed by atoms with Gasteiger partial charge < -0.3 is 14.7 Å². The predicted octanol–water partition coefficient (Wildman–Crippen LogP) is 4.62. The molecule has 0 amide bonds. The smallest absolute Gasteiger partial charge is 0.418 e. The van der Waals surface area contributed by atoms with Crippen molar-refractivity contribution in [1.29, 1.82) is 0 Å². The molecule has 1 aliphatic heterocycles. The van der Waals surface area contributed by atoms with Gasteiger partial charge in [-0.1, -0.05) is 32.0 Å². The summed E-state index contributed by atoms with van der Waals surface area (Å²) in [5.74, 6) is -0.279. The normalized spacial score (nSPS) is 17.8. The molecule has 8 heteroatoms. The van der Waals surface area contributed by atoms with Gasteiger partial charge >= 0.3 is 6.18 Å². The van der Waals surface area contributed by atoms with Crippen LogP contribution in [0.3, 0.4) is 0 Å². The van der Waals surface area contributed by atoms with Crippen LogP contribution < -0.4 is 9.64 Å². The molecule has 32 heavy (non-hydrogen) atoms. The van der Waals surface area contributed by atoms with Gasteiger partial charge in [-0.3, -0.25) is 4.90 Å². The summed E-state index contributed by atoms with van der Waals surface area (Å²) in [7, 11) is 1.38. The van der Waals surface area contributed by atoms with Gasteiger partial charge in [0.15, 0.2) is 5.60 Å². The molecular formula is C24H30F4N2O2. The van der Waals surface area contributed by atoms with Crippen LogP contribution in [0.4, 0.5) is 23.2 Å². The zero-order valence-corrected chi connectivity index (χ0v) is 18.6. The highest BCUT2D eigenvalue weighted by Crippen LogP contribution is 2.44. The molecular weight excluding hydrogens is 424 g/mol. The van der Waals surface area contributed by atoms with Crippen LogP contribution in [0.1, 0.15) is 25.8 Å². The van der Waals surface area contributed by atoms with Crippen molar-refractivity contribution in [3.8, 4) is 5.75 Å². The van der Waals surface area contributed by atoms with Gasteiger partial charge in [-0.25, -0.2) is 4.39 Å². The van der Waals surface area contributed by atoms with Crippen LogP contribution in [0.15, 0.2) is 48.5 Å². The minimum absolute atomic E-state index is 0.288. The number of nitrogens with zero attached hydrogens (tertiary/aromatic N) is 2. The number of β-amino-alcohol motifs (C(OH)–C–C–N with tert-alkyl or cyclic N) is 1. The van der Waals surface area contributed by atoms with E-state index in [1.54, 1.807) is 18.7 Å². The quantitative estimate of drug-likeness (QED) is 0.620. The number of hydrogen-bond donors (Lipinski definition) is 1. The average molecular weight is 455 g/mol. The van der Waals surface area contributed by atoms with Crippen LogP contribution in [-0.2, 0) is 5.41 Å². The van der Waals surface area contributed by atoms with Crippen LogP contribution in [0.5, 0.6) is 5.75 Å². The molecule has 0 bridgehead atoms. The van der Waals surface area contributed by atoms with E-state index in [0.29, 0.717) is 26.2 Å². The van der Waals surface area contributed by atoms with Crippen LogP contribution in [0, 0.1) is 5.82 Å². The van der Waals surface area contributed by atoms with E-state index < -0.39 is 36.0 Å². The number of para-hydroxylation sites is 1. The van der Waals surface area contributed by atoms with Gasteiger partial charge in [-0.05, 0) is 42.2 Å². The summed E-state index contributed by atoms with van der Waals surface area (Å²) in [6.45, 7) is 4.52. The third kappa shape index (κ3) is 5.35. The van der Waals surface area contributed by atoms with Gasteiger partial charge in [0.25, 0.3) is 0 Å². The van der Waals surface area contributed by atoms with E-state index in [1.807, 2.05) is 30.3 Å². The Kier molecular flexibility index (Phi) is 7.05. The second-order valence-electron chi connectivity index (χ2n) is 9.03. The van der Waals surface area contributed by atoms with Crippen LogP contribution in [-0.4, -0.2) is 61.6 Å². The molecule has 0 aliphatic carbocycles. The lowest BCUT2D eigenvalue weighted by Gasteiger charge is -2.43. The lowest BCUT2D eigenvalue weighted by molar-refractivity contribution is -0.271. The Morgan fingerprint density at radius 3 is 2.16 bits per heavy atom. The number of hydrogen-bond acceptors (Lipinski definition) is 4. The van der Waals surface area contributed by atoms with Gasteiger partial charge in [0.05, 0.1) is 7.11 Å². The molecule has 1 saturated heterocycles. The summed E-state index contributed by atoms with van der Waals surface area (Å²) in [5.41, 5.74) is -2.83. The molecule has 1 unspecified atom stereocenters. The predicted molar refractivity (Wildman–Crippen MR) is 117 cm³/mol. The van der Waals surface area contributed by atoms with Crippen molar-refractivity contribution < 1.29 is 27.4 Å². The average Bonchev–Trinajstić information content (AvgIpc) is 2.73. The summed E-state index contributed by atoms with van der Waals surface area (Å²) in [5, 5.41) is 10.9. The first-order chi connectivity index (χ1) is 14.9. The molecule has 0 spiro atoms. The Hall–Kier alpha value is -2.32.